The topological polar surface area (TPSA) is 99.7 Å². The van der Waals surface area contributed by atoms with Crippen molar-refractivity contribution >= 4 is 43.8 Å². The molecule has 0 fully saturated rings. The average Bonchev–Trinajstić information content (AvgIpc) is 3.29. The standard InChI is InChI=1S/C20H20N4O3S2/c1-29(26,27)24-15-4-2-3-13(9-15)10-18(25)23-19-11-14(12-28-19)16-5-7-21-20-17(16)6-8-22-20/h2-9,11-12,16-17,24H,10H2,1H3,(H,21,22)(H,23,25). The molecule has 0 spiro atoms. The van der Waals surface area contributed by atoms with E-state index in [0.29, 0.717) is 5.69 Å². The Bertz CT molecular complexity index is 1130. The van der Waals surface area contributed by atoms with Crippen molar-refractivity contribution in [3.05, 3.63) is 71.4 Å². The second-order valence-corrected chi connectivity index (χ2v) is 9.61. The zero-order valence-electron chi connectivity index (χ0n) is 15.6. The Labute approximate surface area is 173 Å². The van der Waals surface area contributed by atoms with Crippen LogP contribution in [0.15, 0.2) is 65.3 Å². The van der Waals surface area contributed by atoms with Gasteiger partial charge in [0.25, 0.3) is 0 Å². The fourth-order valence-electron chi connectivity index (χ4n) is 3.41. The van der Waals surface area contributed by atoms with Gasteiger partial charge in [-0.25, -0.2) is 13.4 Å². The highest BCUT2D eigenvalue weighted by atomic mass is 32.2. The van der Waals surface area contributed by atoms with Gasteiger partial charge in [-0.3, -0.25) is 9.52 Å². The minimum absolute atomic E-state index is 0.154. The zero-order valence-corrected chi connectivity index (χ0v) is 17.3. The van der Waals surface area contributed by atoms with Crippen LogP contribution in [-0.4, -0.2) is 26.4 Å². The Morgan fingerprint density at radius 1 is 1.24 bits per heavy atom. The van der Waals surface area contributed by atoms with E-state index in [0.717, 1.165) is 28.2 Å². The van der Waals surface area contributed by atoms with Crippen LogP contribution in [0.25, 0.3) is 0 Å². The van der Waals surface area contributed by atoms with Gasteiger partial charge in [-0.05, 0) is 40.9 Å². The van der Waals surface area contributed by atoms with Crippen molar-refractivity contribution in [3.8, 4) is 0 Å². The van der Waals surface area contributed by atoms with E-state index in [4.69, 9.17) is 0 Å². The molecule has 0 radical (unpaired) electrons. The number of amidine groups is 1. The highest BCUT2D eigenvalue weighted by molar-refractivity contribution is 7.92. The quantitative estimate of drug-likeness (QED) is 0.658. The van der Waals surface area contributed by atoms with Crippen LogP contribution in [-0.2, 0) is 21.2 Å². The molecule has 1 amide bonds. The Morgan fingerprint density at radius 3 is 2.93 bits per heavy atom. The normalized spacial score (nSPS) is 20.0. The summed E-state index contributed by atoms with van der Waals surface area (Å²) in [5.74, 6) is 1.17. The van der Waals surface area contributed by atoms with E-state index in [1.807, 2.05) is 18.5 Å². The first-order chi connectivity index (χ1) is 13.9. The van der Waals surface area contributed by atoms with E-state index in [9.17, 15) is 13.2 Å². The van der Waals surface area contributed by atoms with Crippen LogP contribution < -0.4 is 15.4 Å². The first-order valence-corrected chi connectivity index (χ1v) is 11.8. The molecule has 1 aromatic carbocycles. The van der Waals surface area contributed by atoms with Crippen LogP contribution in [0.3, 0.4) is 0 Å². The fourth-order valence-corrected chi connectivity index (χ4v) is 4.83. The molecule has 29 heavy (non-hydrogen) atoms. The highest BCUT2D eigenvalue weighted by Gasteiger charge is 2.29. The number of amides is 1. The molecule has 0 aliphatic carbocycles. The summed E-state index contributed by atoms with van der Waals surface area (Å²) < 4.78 is 25.2. The first-order valence-electron chi connectivity index (χ1n) is 9.00. The van der Waals surface area contributed by atoms with Crippen LogP contribution in [0.2, 0.25) is 0 Å². The number of sulfonamides is 1. The molecule has 4 rings (SSSR count). The second-order valence-electron chi connectivity index (χ2n) is 6.95. The zero-order chi connectivity index (χ0) is 20.4. The third-order valence-corrected chi connectivity index (χ3v) is 6.08. The molecule has 2 unspecified atom stereocenters. The van der Waals surface area contributed by atoms with Gasteiger partial charge in [0.15, 0.2) is 0 Å². The Hall–Kier alpha value is -2.91. The molecule has 0 saturated carbocycles. The van der Waals surface area contributed by atoms with Crippen molar-refractivity contribution in [2.45, 2.75) is 12.3 Å². The molecular weight excluding hydrogens is 408 g/mol. The van der Waals surface area contributed by atoms with Crippen molar-refractivity contribution in [2.24, 2.45) is 10.9 Å². The Kier molecular flexibility index (Phi) is 5.25. The molecule has 2 atom stereocenters. The van der Waals surface area contributed by atoms with Crippen molar-refractivity contribution in [2.75, 3.05) is 16.3 Å². The summed E-state index contributed by atoms with van der Waals surface area (Å²) in [7, 11) is -3.36. The van der Waals surface area contributed by atoms with E-state index in [1.165, 1.54) is 11.3 Å². The number of benzene rings is 1. The lowest BCUT2D eigenvalue weighted by Gasteiger charge is -2.21. The average molecular weight is 429 g/mol. The molecule has 2 aliphatic rings. The number of aliphatic imine (C=N–C) groups is 1. The monoisotopic (exact) mass is 428 g/mol. The summed E-state index contributed by atoms with van der Waals surface area (Å²) in [6, 6.07) is 8.81. The smallest absolute Gasteiger partial charge is 0.229 e. The lowest BCUT2D eigenvalue weighted by atomic mass is 9.86. The van der Waals surface area contributed by atoms with Crippen LogP contribution in [0.4, 0.5) is 10.7 Å². The van der Waals surface area contributed by atoms with Gasteiger partial charge >= 0.3 is 0 Å². The van der Waals surface area contributed by atoms with E-state index in [1.54, 1.807) is 24.3 Å². The summed E-state index contributed by atoms with van der Waals surface area (Å²) in [5, 5.41) is 8.91. The summed E-state index contributed by atoms with van der Waals surface area (Å²) in [6.07, 6.45) is 9.13. The molecule has 2 aliphatic heterocycles. The minimum atomic E-state index is -3.36. The number of carbonyl (C=O) groups is 1. The second kappa shape index (κ2) is 7.84. The molecule has 3 N–H and O–H groups in total. The van der Waals surface area contributed by atoms with Crippen molar-refractivity contribution < 1.29 is 13.2 Å². The van der Waals surface area contributed by atoms with Gasteiger partial charge in [0.05, 0.1) is 17.7 Å². The third kappa shape index (κ3) is 4.75. The van der Waals surface area contributed by atoms with Crippen molar-refractivity contribution in [1.29, 1.82) is 0 Å². The Morgan fingerprint density at radius 2 is 2.10 bits per heavy atom. The first kappa shape index (κ1) is 19.4. The Balaban J connectivity index is 1.40. The number of hydrogen-bond donors (Lipinski definition) is 3. The number of anilines is 2. The molecule has 9 heteroatoms. The molecule has 1 aromatic heterocycles. The van der Waals surface area contributed by atoms with Crippen molar-refractivity contribution in [3.63, 3.8) is 0 Å². The number of thiophene rings is 1. The molecular formula is C20H20N4O3S2. The van der Waals surface area contributed by atoms with E-state index in [-0.39, 0.29) is 24.2 Å². The molecule has 2 aromatic rings. The summed E-state index contributed by atoms with van der Waals surface area (Å²) in [4.78, 5) is 16.8. The van der Waals surface area contributed by atoms with Gasteiger partial charge in [-0.1, -0.05) is 24.3 Å². The van der Waals surface area contributed by atoms with Crippen LogP contribution >= 0.6 is 11.3 Å². The van der Waals surface area contributed by atoms with Gasteiger partial charge in [-0.2, -0.15) is 0 Å². The number of carbonyl (C=O) groups excluding carboxylic acids is 1. The SMILES string of the molecule is CS(=O)(=O)Nc1cccc(CC(=O)Nc2cc(C3C=CN=C4NC=CC43)cs2)c1. The lowest BCUT2D eigenvalue weighted by molar-refractivity contribution is -0.115. The number of nitrogens with zero attached hydrogens (tertiary/aromatic N) is 1. The molecule has 0 saturated heterocycles. The van der Waals surface area contributed by atoms with Gasteiger partial charge in [0.1, 0.15) is 5.84 Å². The van der Waals surface area contributed by atoms with Gasteiger partial charge in [0.2, 0.25) is 15.9 Å². The summed E-state index contributed by atoms with van der Waals surface area (Å²) in [5.41, 5.74) is 2.30. The maximum absolute atomic E-state index is 12.4. The van der Waals surface area contributed by atoms with Crippen molar-refractivity contribution in [1.82, 2.24) is 5.32 Å². The summed E-state index contributed by atoms with van der Waals surface area (Å²) >= 11 is 1.49. The predicted octanol–water partition coefficient (Wildman–Crippen LogP) is 3.04. The van der Waals surface area contributed by atoms with Crippen LogP contribution in [0.1, 0.15) is 17.0 Å². The largest absolute Gasteiger partial charge is 0.350 e. The van der Waals surface area contributed by atoms with Crippen LogP contribution in [0.5, 0.6) is 0 Å². The van der Waals surface area contributed by atoms with Gasteiger partial charge in [-0.15, -0.1) is 11.3 Å². The number of rotatable bonds is 6. The maximum Gasteiger partial charge on any atom is 0.229 e. The number of hydrogen-bond acceptors (Lipinski definition) is 6. The minimum Gasteiger partial charge on any atom is -0.350 e. The highest BCUT2D eigenvalue weighted by Crippen LogP contribution is 2.36. The van der Waals surface area contributed by atoms with Crippen LogP contribution in [0, 0.1) is 5.92 Å². The fraction of sp³-hybridized carbons (Fsp3) is 0.200. The number of allylic oxidation sites excluding steroid dienone is 1. The molecule has 7 nitrogen and oxygen atoms in total. The van der Waals surface area contributed by atoms with E-state index < -0.39 is 10.0 Å². The molecule has 150 valence electrons. The van der Waals surface area contributed by atoms with E-state index >= 15 is 0 Å². The third-order valence-electron chi connectivity index (χ3n) is 4.61. The summed E-state index contributed by atoms with van der Waals surface area (Å²) in [6.45, 7) is 0. The number of nitrogens with one attached hydrogen (secondary N) is 3. The predicted molar refractivity (Wildman–Crippen MR) is 117 cm³/mol. The maximum atomic E-state index is 12.4. The van der Waals surface area contributed by atoms with Gasteiger partial charge < -0.3 is 10.6 Å². The molecule has 0 bridgehead atoms. The number of fused-ring (bicyclic) bond motifs is 1. The lowest BCUT2D eigenvalue weighted by Crippen LogP contribution is -2.25. The van der Waals surface area contributed by atoms with Gasteiger partial charge in [0, 0.05) is 23.7 Å². The molecule has 3 heterocycles. The van der Waals surface area contributed by atoms with E-state index in [2.05, 4.69) is 37.9 Å².